The summed E-state index contributed by atoms with van der Waals surface area (Å²) in [5.41, 5.74) is 12.7. The molecular weight excluding hydrogens is 619 g/mol. The van der Waals surface area contributed by atoms with Crippen LogP contribution in [-0.4, -0.2) is 0 Å². The molecule has 0 atom stereocenters. The molecule has 0 N–H and O–H groups in total. The topological polar surface area (TPSA) is 3.24 Å². The lowest BCUT2D eigenvalue weighted by atomic mass is 9.74. The average molecular weight is 646 g/mol. The fourth-order valence-electron chi connectivity index (χ4n) is 8.59. The van der Waals surface area contributed by atoms with Crippen LogP contribution in [0.25, 0.3) is 52.5 Å². The second-order valence-corrected chi connectivity index (χ2v) is 14.9. The molecule has 0 radical (unpaired) electrons. The lowest BCUT2D eigenvalue weighted by Crippen LogP contribution is -2.25. The normalized spacial score (nSPS) is 13.6. The smallest absolute Gasteiger partial charge is 0.0819 e. The maximum absolute atomic E-state index is 2.48. The summed E-state index contributed by atoms with van der Waals surface area (Å²) < 4.78 is 3.96. The Morgan fingerprint density at radius 3 is 1.79 bits per heavy atom. The summed E-state index contributed by atoms with van der Waals surface area (Å²) in [6, 6.07) is 60.8. The Labute approximate surface area is 286 Å². The van der Waals surface area contributed by atoms with E-state index in [1.807, 2.05) is 22.7 Å². The third kappa shape index (κ3) is 3.35. The van der Waals surface area contributed by atoms with E-state index in [2.05, 4.69) is 169 Å². The van der Waals surface area contributed by atoms with E-state index in [4.69, 9.17) is 0 Å². The van der Waals surface area contributed by atoms with Crippen molar-refractivity contribution in [3.05, 3.63) is 185 Å². The van der Waals surface area contributed by atoms with Gasteiger partial charge < -0.3 is 4.90 Å². The largest absolute Gasteiger partial charge is 0.309 e. The van der Waals surface area contributed by atoms with Crippen molar-refractivity contribution in [2.75, 3.05) is 4.90 Å². The van der Waals surface area contributed by atoms with Crippen LogP contribution >= 0.6 is 22.7 Å². The SMILES string of the molecule is c1ccc(N(c2ccc3c(c2)-c2c(sc4ccccc24)C32c3ccccc3-c3ccccc32)c2cccc3c2sc2ccccc23)cc1. The number of benzene rings is 7. The van der Waals surface area contributed by atoms with Crippen molar-refractivity contribution in [3.8, 4) is 22.3 Å². The molecule has 2 heterocycles. The molecule has 0 saturated carbocycles. The standard InChI is InChI=1S/C45H27NS2/c1-2-13-28(14-3-1)46(39-22-12-19-33-32-17-6-10-23-40(32)47-43(33)39)29-25-26-38-35(27-29)42-34-18-7-11-24-41(34)48-44(42)45(38)36-20-8-4-15-30(36)31-16-5-9-21-37(31)45/h1-27H. The first kappa shape index (κ1) is 26.6. The van der Waals surface area contributed by atoms with Gasteiger partial charge in [0.2, 0.25) is 0 Å². The summed E-state index contributed by atoms with van der Waals surface area (Å²) in [4.78, 5) is 3.90. The van der Waals surface area contributed by atoms with Crippen LogP contribution in [0.1, 0.15) is 21.6 Å². The number of thiophene rings is 2. The van der Waals surface area contributed by atoms with Gasteiger partial charge >= 0.3 is 0 Å². The molecule has 9 aromatic rings. The van der Waals surface area contributed by atoms with Gasteiger partial charge in [-0.15, -0.1) is 22.7 Å². The van der Waals surface area contributed by atoms with E-state index in [0.717, 1.165) is 5.69 Å². The summed E-state index contributed by atoms with van der Waals surface area (Å²) in [7, 11) is 0. The van der Waals surface area contributed by atoms with E-state index >= 15 is 0 Å². The summed E-state index contributed by atoms with van der Waals surface area (Å²) in [5, 5.41) is 3.96. The highest BCUT2D eigenvalue weighted by molar-refractivity contribution is 7.26. The van der Waals surface area contributed by atoms with Crippen molar-refractivity contribution in [1.82, 2.24) is 0 Å². The fraction of sp³-hybridized carbons (Fsp3) is 0.0222. The molecule has 3 heteroatoms. The molecule has 0 unspecified atom stereocenters. The highest BCUT2D eigenvalue weighted by Crippen LogP contribution is 2.66. The first-order chi connectivity index (χ1) is 23.8. The minimum Gasteiger partial charge on any atom is -0.309 e. The zero-order chi connectivity index (χ0) is 31.4. The second-order valence-electron chi connectivity index (χ2n) is 12.8. The van der Waals surface area contributed by atoms with Crippen molar-refractivity contribution in [1.29, 1.82) is 0 Å². The van der Waals surface area contributed by atoms with Gasteiger partial charge in [0.1, 0.15) is 0 Å². The quantitative estimate of drug-likeness (QED) is 0.185. The molecule has 2 aromatic heterocycles. The molecule has 11 rings (SSSR count). The molecule has 0 fully saturated rings. The van der Waals surface area contributed by atoms with Crippen molar-refractivity contribution >= 4 is 70.0 Å². The first-order valence-electron chi connectivity index (χ1n) is 16.4. The Morgan fingerprint density at radius 2 is 1.02 bits per heavy atom. The van der Waals surface area contributed by atoms with Crippen LogP contribution in [0.3, 0.4) is 0 Å². The van der Waals surface area contributed by atoms with Crippen LogP contribution in [-0.2, 0) is 5.41 Å². The zero-order valence-electron chi connectivity index (χ0n) is 25.9. The summed E-state index contributed by atoms with van der Waals surface area (Å²) in [6.45, 7) is 0. The zero-order valence-corrected chi connectivity index (χ0v) is 27.5. The Balaban J connectivity index is 1.23. The Morgan fingerprint density at radius 1 is 0.417 bits per heavy atom. The van der Waals surface area contributed by atoms with E-state index in [0.29, 0.717) is 0 Å². The molecule has 1 nitrogen and oxygen atoms in total. The lowest BCUT2D eigenvalue weighted by molar-refractivity contribution is 0.811. The number of fused-ring (bicyclic) bond motifs is 15. The van der Waals surface area contributed by atoms with E-state index in [9.17, 15) is 0 Å². The van der Waals surface area contributed by atoms with Crippen LogP contribution in [0.15, 0.2) is 164 Å². The van der Waals surface area contributed by atoms with Crippen LogP contribution in [0.5, 0.6) is 0 Å². The fourth-order valence-corrected chi connectivity index (χ4v) is 11.2. The number of nitrogens with zero attached hydrogens (tertiary/aromatic N) is 1. The van der Waals surface area contributed by atoms with E-state index < -0.39 is 0 Å². The van der Waals surface area contributed by atoms with Gasteiger partial charge in [0, 0.05) is 47.4 Å². The van der Waals surface area contributed by atoms with Gasteiger partial charge in [-0.05, 0) is 75.8 Å². The van der Waals surface area contributed by atoms with Crippen molar-refractivity contribution in [3.63, 3.8) is 0 Å². The van der Waals surface area contributed by atoms with Gasteiger partial charge in [0.25, 0.3) is 0 Å². The van der Waals surface area contributed by atoms with Gasteiger partial charge in [-0.2, -0.15) is 0 Å². The van der Waals surface area contributed by atoms with Gasteiger partial charge in [-0.1, -0.05) is 121 Å². The lowest BCUT2D eigenvalue weighted by Gasteiger charge is -2.30. The molecule has 48 heavy (non-hydrogen) atoms. The molecule has 224 valence electrons. The molecule has 2 aliphatic carbocycles. The summed E-state index contributed by atoms with van der Waals surface area (Å²) >= 11 is 3.85. The Kier molecular flexibility index (Phi) is 5.41. The molecule has 7 aromatic carbocycles. The first-order valence-corrected chi connectivity index (χ1v) is 18.1. The third-order valence-corrected chi connectivity index (χ3v) is 13.0. The molecule has 1 spiro atoms. The predicted molar refractivity (Wildman–Crippen MR) is 206 cm³/mol. The van der Waals surface area contributed by atoms with Gasteiger partial charge in [0.05, 0.1) is 15.8 Å². The maximum Gasteiger partial charge on any atom is 0.0819 e. The van der Waals surface area contributed by atoms with Crippen molar-refractivity contribution in [2.24, 2.45) is 0 Å². The van der Waals surface area contributed by atoms with E-state index in [1.54, 1.807) is 0 Å². The summed E-state index contributed by atoms with van der Waals surface area (Å²) in [5.74, 6) is 0. The van der Waals surface area contributed by atoms with Crippen LogP contribution in [0.2, 0.25) is 0 Å². The molecule has 0 aliphatic heterocycles. The van der Waals surface area contributed by atoms with Crippen molar-refractivity contribution < 1.29 is 0 Å². The Hall–Kier alpha value is -5.48. The molecule has 0 amide bonds. The minimum atomic E-state index is -0.344. The minimum absolute atomic E-state index is 0.344. The number of para-hydroxylation sites is 1. The number of hydrogen-bond donors (Lipinski definition) is 0. The molecule has 0 bridgehead atoms. The van der Waals surface area contributed by atoms with E-state index in [1.165, 1.54) is 85.5 Å². The monoisotopic (exact) mass is 645 g/mol. The summed E-state index contributed by atoms with van der Waals surface area (Å²) in [6.07, 6.45) is 0. The maximum atomic E-state index is 2.48. The molecular formula is C45H27NS2. The predicted octanol–water partition coefficient (Wildman–Crippen LogP) is 13.1. The highest BCUT2D eigenvalue weighted by atomic mass is 32.1. The number of rotatable bonds is 3. The van der Waals surface area contributed by atoms with Crippen molar-refractivity contribution in [2.45, 2.75) is 5.41 Å². The van der Waals surface area contributed by atoms with Crippen LogP contribution in [0, 0.1) is 0 Å². The second kappa shape index (κ2) is 9.77. The average Bonchev–Trinajstić information content (AvgIpc) is 3.87. The van der Waals surface area contributed by atoms with Gasteiger partial charge in [0.15, 0.2) is 0 Å². The highest BCUT2D eigenvalue weighted by Gasteiger charge is 2.53. The Bertz CT molecular complexity index is 2700. The van der Waals surface area contributed by atoms with Crippen LogP contribution < -0.4 is 4.90 Å². The van der Waals surface area contributed by atoms with E-state index in [-0.39, 0.29) is 5.41 Å². The van der Waals surface area contributed by atoms with Crippen LogP contribution in [0.4, 0.5) is 17.1 Å². The number of anilines is 3. The molecule has 2 aliphatic rings. The number of hydrogen-bond acceptors (Lipinski definition) is 3. The third-order valence-electron chi connectivity index (χ3n) is 10.5. The molecule has 0 saturated heterocycles. The van der Waals surface area contributed by atoms with Gasteiger partial charge in [-0.3, -0.25) is 0 Å². The van der Waals surface area contributed by atoms with Gasteiger partial charge in [-0.25, -0.2) is 0 Å².